The first kappa shape index (κ1) is 22.3. The summed E-state index contributed by atoms with van der Waals surface area (Å²) in [5.41, 5.74) is 1.32. The molecule has 0 amide bonds. The number of carbonyl (C=O) groups excluding carboxylic acids is 1. The maximum atomic E-state index is 10.7. The Morgan fingerprint density at radius 1 is 1.22 bits per heavy atom. The van der Waals surface area contributed by atoms with Crippen molar-refractivity contribution in [1.82, 2.24) is 15.3 Å². The summed E-state index contributed by atoms with van der Waals surface area (Å²) in [5.74, 6) is 1.16. The van der Waals surface area contributed by atoms with E-state index in [0.29, 0.717) is 18.4 Å². The van der Waals surface area contributed by atoms with Crippen LogP contribution in [0.5, 0.6) is 5.88 Å². The Morgan fingerprint density at radius 3 is 2.67 bits per heavy atom. The van der Waals surface area contributed by atoms with E-state index in [2.05, 4.69) is 21.6 Å². The van der Waals surface area contributed by atoms with Crippen LogP contribution < -0.4 is 10.1 Å². The monoisotopic (exact) mass is 425 g/mol. The van der Waals surface area contributed by atoms with E-state index in [0.717, 1.165) is 48.2 Å². The predicted molar refractivity (Wildman–Crippen MR) is 106 cm³/mol. The van der Waals surface area contributed by atoms with Crippen molar-refractivity contribution >= 4 is 27.8 Å². The number of thiophene rings is 1. The third-order valence-electron chi connectivity index (χ3n) is 5.11. The number of aromatic nitrogens is 2. The van der Waals surface area contributed by atoms with Gasteiger partial charge >= 0.3 is 0 Å². The standard InChI is InChI=1S/C18H21N2O2S.C2H7N.V/c21-9-8-12-6-7-15-14(10-12)16-17(19-11-20-18(16)23-15)22-13-4-2-1-3-5-13;1-3-2;/h11-13H,1-8,10H2;3H,1-2H3;/q-1;;. The molecule has 0 aliphatic heterocycles. The second kappa shape index (κ2) is 11.2. The van der Waals surface area contributed by atoms with Crippen LogP contribution in [-0.4, -0.2) is 36.5 Å². The molecular formula is C20H28N3O2SV-. The number of hydrogen-bond acceptors (Lipinski definition) is 6. The fourth-order valence-electron chi connectivity index (χ4n) is 3.87. The molecule has 0 bridgehead atoms. The van der Waals surface area contributed by atoms with E-state index in [1.54, 1.807) is 17.7 Å². The topological polar surface area (TPSA) is 64.1 Å². The van der Waals surface area contributed by atoms with Crippen molar-refractivity contribution in [2.24, 2.45) is 5.92 Å². The molecule has 2 aliphatic carbocycles. The number of rotatable bonds is 4. The molecule has 1 radical (unpaired) electrons. The maximum Gasteiger partial charge on any atom is 0.225 e. The van der Waals surface area contributed by atoms with Gasteiger partial charge in [-0.15, -0.1) is 17.8 Å². The molecular weight excluding hydrogens is 397 g/mol. The van der Waals surface area contributed by atoms with E-state index >= 15 is 0 Å². The largest absolute Gasteiger partial charge is 0.542 e. The second-order valence-corrected chi connectivity index (χ2v) is 8.28. The van der Waals surface area contributed by atoms with Crippen LogP contribution in [0.2, 0.25) is 0 Å². The van der Waals surface area contributed by atoms with Crippen molar-refractivity contribution in [3.63, 3.8) is 0 Å². The number of hydrogen-bond donors (Lipinski definition) is 1. The van der Waals surface area contributed by atoms with E-state index in [4.69, 9.17) is 4.74 Å². The van der Waals surface area contributed by atoms with Crippen molar-refractivity contribution in [2.45, 2.75) is 63.9 Å². The van der Waals surface area contributed by atoms with Gasteiger partial charge in [-0.25, -0.2) is 9.97 Å². The van der Waals surface area contributed by atoms with E-state index in [9.17, 15) is 4.79 Å². The SMILES string of the molecule is CNC.O=[C-]CC1CCc2sc3ncnc(OC4CCCCC4)c3c2C1.[V]. The number of aryl methyl sites for hydroxylation is 1. The van der Waals surface area contributed by atoms with Crippen molar-refractivity contribution in [2.75, 3.05) is 14.1 Å². The summed E-state index contributed by atoms with van der Waals surface area (Å²) in [6.45, 7) is 0. The summed E-state index contributed by atoms with van der Waals surface area (Å²) < 4.78 is 6.27. The Hall–Kier alpha value is -0.946. The van der Waals surface area contributed by atoms with Gasteiger partial charge in [0.05, 0.1) is 5.39 Å². The molecule has 27 heavy (non-hydrogen) atoms. The Kier molecular flexibility index (Phi) is 9.23. The second-order valence-electron chi connectivity index (χ2n) is 7.20. The normalized spacial score (nSPS) is 19.4. The van der Waals surface area contributed by atoms with Crippen LogP contribution in [0.25, 0.3) is 10.2 Å². The molecule has 5 nitrogen and oxygen atoms in total. The van der Waals surface area contributed by atoms with E-state index in [1.807, 2.05) is 14.1 Å². The van der Waals surface area contributed by atoms with E-state index in [-0.39, 0.29) is 18.6 Å². The molecule has 2 aliphatic rings. The molecule has 1 atom stereocenters. The fraction of sp³-hybridized carbons (Fsp3) is 0.650. The van der Waals surface area contributed by atoms with Gasteiger partial charge in [-0.05, 0) is 64.6 Å². The minimum Gasteiger partial charge on any atom is -0.542 e. The van der Waals surface area contributed by atoms with Gasteiger partial charge in [-0.1, -0.05) is 12.3 Å². The van der Waals surface area contributed by atoms with Gasteiger partial charge in [0, 0.05) is 23.4 Å². The smallest absolute Gasteiger partial charge is 0.225 e. The Bertz CT molecular complexity index is 731. The first-order valence-electron chi connectivity index (χ1n) is 9.62. The zero-order valence-corrected chi connectivity index (χ0v) is 18.4. The van der Waals surface area contributed by atoms with Crippen molar-refractivity contribution in [1.29, 1.82) is 0 Å². The van der Waals surface area contributed by atoms with Crippen LogP contribution in [0.4, 0.5) is 0 Å². The molecule has 2 heterocycles. The number of ether oxygens (including phenoxy) is 1. The summed E-state index contributed by atoms with van der Waals surface area (Å²) in [6, 6.07) is 0. The Balaban J connectivity index is 0.000000614. The molecule has 2 aromatic rings. The Morgan fingerprint density at radius 2 is 1.96 bits per heavy atom. The van der Waals surface area contributed by atoms with Crippen LogP contribution in [-0.2, 0) is 36.2 Å². The molecule has 4 rings (SSSR count). The van der Waals surface area contributed by atoms with Gasteiger partial charge < -0.3 is 14.8 Å². The Labute approximate surface area is 177 Å². The van der Waals surface area contributed by atoms with Gasteiger partial charge in [0.2, 0.25) is 5.88 Å². The van der Waals surface area contributed by atoms with Crippen LogP contribution >= 0.6 is 11.3 Å². The first-order valence-corrected chi connectivity index (χ1v) is 10.4. The fourth-order valence-corrected chi connectivity index (χ4v) is 5.05. The molecule has 7 heteroatoms. The summed E-state index contributed by atoms with van der Waals surface area (Å²) in [5, 5.41) is 3.86. The van der Waals surface area contributed by atoms with Crippen LogP contribution in [0.15, 0.2) is 6.33 Å². The quantitative estimate of drug-likeness (QED) is 0.754. The van der Waals surface area contributed by atoms with Crippen molar-refractivity contribution in [3.05, 3.63) is 16.8 Å². The molecule has 0 aromatic carbocycles. The number of fused-ring (bicyclic) bond motifs is 3. The van der Waals surface area contributed by atoms with E-state index < -0.39 is 0 Å². The van der Waals surface area contributed by atoms with Gasteiger partial charge in [-0.3, -0.25) is 6.29 Å². The molecule has 1 saturated carbocycles. The summed E-state index contributed by atoms with van der Waals surface area (Å²) in [4.78, 5) is 22.1. The van der Waals surface area contributed by atoms with Gasteiger partial charge in [0.25, 0.3) is 0 Å². The number of nitrogens with zero attached hydrogens (tertiary/aromatic N) is 2. The summed E-state index contributed by atoms with van der Waals surface area (Å²) >= 11 is 1.77. The van der Waals surface area contributed by atoms with E-state index in [1.165, 1.54) is 29.7 Å². The molecule has 1 N–H and O–H groups in total. The predicted octanol–water partition coefficient (Wildman–Crippen LogP) is 3.84. The molecule has 147 valence electrons. The van der Waals surface area contributed by atoms with Gasteiger partial charge in [-0.2, -0.15) is 0 Å². The van der Waals surface area contributed by atoms with Gasteiger partial charge in [0.15, 0.2) is 0 Å². The van der Waals surface area contributed by atoms with Crippen molar-refractivity contribution in [3.8, 4) is 5.88 Å². The average Bonchev–Trinajstić information content (AvgIpc) is 3.02. The maximum absolute atomic E-state index is 10.7. The molecule has 2 aromatic heterocycles. The van der Waals surface area contributed by atoms with Crippen LogP contribution in [0.1, 0.15) is 55.4 Å². The molecule has 0 saturated heterocycles. The molecule has 0 spiro atoms. The summed E-state index contributed by atoms with van der Waals surface area (Å²) in [7, 11) is 3.75. The van der Waals surface area contributed by atoms with Crippen molar-refractivity contribution < 1.29 is 28.1 Å². The third-order valence-corrected chi connectivity index (χ3v) is 6.31. The minimum absolute atomic E-state index is 0. The zero-order valence-electron chi connectivity index (χ0n) is 16.2. The molecule has 1 unspecified atom stereocenters. The third kappa shape index (κ3) is 5.53. The number of nitrogens with one attached hydrogen (secondary N) is 1. The van der Waals surface area contributed by atoms with Gasteiger partial charge in [0.1, 0.15) is 17.3 Å². The molecule has 1 fully saturated rings. The van der Waals surface area contributed by atoms with Crippen LogP contribution in [0, 0.1) is 5.92 Å². The first-order chi connectivity index (χ1) is 12.8. The van der Waals surface area contributed by atoms with Crippen LogP contribution in [0.3, 0.4) is 0 Å². The summed E-state index contributed by atoms with van der Waals surface area (Å²) in [6.07, 6.45) is 13.6. The average molecular weight is 425 g/mol. The zero-order chi connectivity index (χ0) is 18.4. The minimum atomic E-state index is 0.